The van der Waals surface area contributed by atoms with Gasteiger partial charge in [0.2, 0.25) is 0 Å². The molecule has 0 aliphatic carbocycles. The van der Waals surface area contributed by atoms with E-state index in [-0.39, 0.29) is 0 Å². The van der Waals surface area contributed by atoms with Crippen LogP contribution in [0.15, 0.2) is 0 Å². The first-order valence-electron chi connectivity index (χ1n) is 4.63. The predicted molar refractivity (Wildman–Crippen MR) is 52.9 cm³/mol. The molecule has 13 heavy (non-hydrogen) atoms. The zero-order valence-electron chi connectivity index (χ0n) is 8.71. The van der Waals surface area contributed by atoms with Gasteiger partial charge in [0.05, 0.1) is 26.4 Å². The average molecular weight is 205 g/mol. The van der Waals surface area contributed by atoms with E-state index in [0.717, 1.165) is 6.17 Å². The van der Waals surface area contributed by atoms with Gasteiger partial charge in [0.25, 0.3) is 0 Å². The average Bonchev–Trinajstić information content (AvgIpc) is 1.97. The standard InChI is InChI=1S/C8H19NO3Si/c1-9(2)8-13(3)11-6-4-10-5-7-12-13/h4-8H2,1-3H3. The maximum Gasteiger partial charge on any atom is 0.349 e. The molecule has 0 spiro atoms. The van der Waals surface area contributed by atoms with Gasteiger partial charge in [-0.3, -0.25) is 0 Å². The third kappa shape index (κ3) is 4.19. The minimum atomic E-state index is -1.94. The summed E-state index contributed by atoms with van der Waals surface area (Å²) in [5.41, 5.74) is 0. The number of hydrogen-bond donors (Lipinski definition) is 0. The van der Waals surface area contributed by atoms with Crippen LogP contribution in [0.1, 0.15) is 0 Å². The summed E-state index contributed by atoms with van der Waals surface area (Å²) in [6, 6.07) is 0. The topological polar surface area (TPSA) is 30.9 Å². The van der Waals surface area contributed by atoms with Crippen molar-refractivity contribution in [3.63, 3.8) is 0 Å². The molecule has 4 nitrogen and oxygen atoms in total. The van der Waals surface area contributed by atoms with Crippen LogP contribution in [-0.2, 0) is 13.6 Å². The highest BCUT2D eigenvalue weighted by molar-refractivity contribution is 6.66. The number of hydrogen-bond acceptors (Lipinski definition) is 4. The zero-order valence-corrected chi connectivity index (χ0v) is 9.71. The normalized spacial score (nSPS) is 24.0. The quantitative estimate of drug-likeness (QED) is 0.604. The lowest BCUT2D eigenvalue weighted by Gasteiger charge is -2.31. The van der Waals surface area contributed by atoms with E-state index in [1.807, 2.05) is 14.1 Å². The number of ether oxygens (including phenoxy) is 1. The van der Waals surface area contributed by atoms with E-state index in [2.05, 4.69) is 11.4 Å². The molecule has 0 radical (unpaired) electrons. The Balaban J connectivity index is 2.41. The molecule has 0 atom stereocenters. The molecule has 0 amide bonds. The molecular formula is C8H19NO3Si. The second kappa shape index (κ2) is 5.07. The maximum absolute atomic E-state index is 5.73. The van der Waals surface area contributed by atoms with Crippen LogP contribution in [0.25, 0.3) is 0 Å². The van der Waals surface area contributed by atoms with Crippen molar-refractivity contribution in [2.24, 2.45) is 0 Å². The van der Waals surface area contributed by atoms with Gasteiger partial charge in [-0.1, -0.05) is 0 Å². The molecule has 0 aromatic heterocycles. The molecule has 1 rings (SSSR count). The Kier molecular flexibility index (Phi) is 4.34. The molecule has 0 aromatic rings. The smallest absolute Gasteiger partial charge is 0.349 e. The van der Waals surface area contributed by atoms with Gasteiger partial charge in [0, 0.05) is 6.17 Å². The first kappa shape index (κ1) is 11.1. The lowest BCUT2D eigenvalue weighted by Crippen LogP contribution is -2.50. The van der Waals surface area contributed by atoms with Gasteiger partial charge < -0.3 is 18.5 Å². The van der Waals surface area contributed by atoms with Gasteiger partial charge in [-0.05, 0) is 20.6 Å². The second-order valence-corrected chi connectivity index (χ2v) is 6.84. The van der Waals surface area contributed by atoms with Crippen molar-refractivity contribution in [1.29, 1.82) is 0 Å². The van der Waals surface area contributed by atoms with Gasteiger partial charge in [-0.15, -0.1) is 0 Å². The van der Waals surface area contributed by atoms with Gasteiger partial charge in [-0.25, -0.2) is 0 Å². The molecule has 0 N–H and O–H groups in total. The molecule has 1 heterocycles. The van der Waals surface area contributed by atoms with Crippen molar-refractivity contribution < 1.29 is 13.6 Å². The summed E-state index contributed by atoms with van der Waals surface area (Å²) in [5, 5.41) is 0. The van der Waals surface area contributed by atoms with Crippen LogP contribution in [-0.4, -0.2) is 60.2 Å². The minimum Gasteiger partial charge on any atom is -0.391 e. The van der Waals surface area contributed by atoms with Crippen molar-refractivity contribution in [2.75, 3.05) is 46.7 Å². The van der Waals surface area contributed by atoms with Crippen LogP contribution in [0.3, 0.4) is 0 Å². The lowest BCUT2D eigenvalue weighted by molar-refractivity contribution is 0.0238. The van der Waals surface area contributed by atoms with E-state index in [1.54, 1.807) is 0 Å². The Morgan fingerprint density at radius 3 is 2.08 bits per heavy atom. The van der Waals surface area contributed by atoms with Crippen LogP contribution in [0.5, 0.6) is 0 Å². The van der Waals surface area contributed by atoms with Crippen molar-refractivity contribution in [1.82, 2.24) is 4.90 Å². The highest BCUT2D eigenvalue weighted by atomic mass is 28.4. The second-order valence-electron chi connectivity index (χ2n) is 3.68. The van der Waals surface area contributed by atoms with E-state index in [4.69, 9.17) is 13.6 Å². The number of nitrogens with zero attached hydrogens (tertiary/aromatic N) is 1. The van der Waals surface area contributed by atoms with Crippen LogP contribution < -0.4 is 0 Å². The molecule has 1 fully saturated rings. The fraction of sp³-hybridized carbons (Fsp3) is 1.00. The summed E-state index contributed by atoms with van der Waals surface area (Å²) in [4.78, 5) is 2.12. The predicted octanol–water partition coefficient (Wildman–Crippen LogP) is 0.223. The van der Waals surface area contributed by atoms with Crippen molar-refractivity contribution >= 4 is 8.56 Å². The fourth-order valence-corrected chi connectivity index (χ4v) is 3.89. The number of rotatable bonds is 2. The summed E-state index contributed by atoms with van der Waals surface area (Å²) >= 11 is 0. The van der Waals surface area contributed by atoms with Crippen molar-refractivity contribution in [2.45, 2.75) is 6.55 Å². The van der Waals surface area contributed by atoms with Crippen LogP contribution >= 0.6 is 0 Å². The van der Waals surface area contributed by atoms with Crippen LogP contribution in [0.4, 0.5) is 0 Å². The Bertz CT molecular complexity index is 146. The molecule has 0 aromatic carbocycles. The van der Waals surface area contributed by atoms with Gasteiger partial charge in [0.1, 0.15) is 0 Å². The molecule has 1 aliphatic rings. The minimum absolute atomic E-state index is 0.663. The molecule has 78 valence electrons. The largest absolute Gasteiger partial charge is 0.391 e. The summed E-state index contributed by atoms with van der Waals surface area (Å²) in [7, 11) is 2.15. The maximum atomic E-state index is 5.73. The molecular weight excluding hydrogens is 186 g/mol. The van der Waals surface area contributed by atoms with E-state index in [0.29, 0.717) is 26.4 Å². The Morgan fingerprint density at radius 1 is 1.08 bits per heavy atom. The van der Waals surface area contributed by atoms with E-state index in [1.165, 1.54) is 0 Å². The summed E-state index contributed by atoms with van der Waals surface area (Å²) in [5.74, 6) is 0. The summed E-state index contributed by atoms with van der Waals surface area (Å²) < 4.78 is 16.7. The molecule has 1 aliphatic heterocycles. The third-order valence-electron chi connectivity index (χ3n) is 1.87. The monoisotopic (exact) mass is 205 g/mol. The molecule has 0 saturated carbocycles. The molecule has 5 heteroatoms. The SMILES string of the molecule is CN(C)C[Si]1(C)OCCOCCO1. The van der Waals surface area contributed by atoms with Crippen LogP contribution in [0, 0.1) is 0 Å². The third-order valence-corrected chi connectivity index (χ3v) is 4.71. The van der Waals surface area contributed by atoms with E-state index in [9.17, 15) is 0 Å². The highest BCUT2D eigenvalue weighted by Gasteiger charge is 2.33. The molecule has 0 unspecified atom stereocenters. The molecule has 0 bridgehead atoms. The fourth-order valence-electron chi connectivity index (χ4n) is 1.44. The Hall–Kier alpha value is 0.0569. The summed E-state index contributed by atoms with van der Waals surface area (Å²) in [6.45, 7) is 4.82. The Morgan fingerprint density at radius 2 is 1.62 bits per heavy atom. The van der Waals surface area contributed by atoms with E-state index < -0.39 is 8.56 Å². The van der Waals surface area contributed by atoms with Crippen molar-refractivity contribution in [3.05, 3.63) is 0 Å². The molecule has 1 saturated heterocycles. The zero-order chi connectivity index (χ0) is 9.73. The first-order chi connectivity index (χ1) is 6.12. The van der Waals surface area contributed by atoms with E-state index >= 15 is 0 Å². The van der Waals surface area contributed by atoms with Gasteiger partial charge >= 0.3 is 8.56 Å². The highest BCUT2D eigenvalue weighted by Crippen LogP contribution is 2.09. The van der Waals surface area contributed by atoms with Gasteiger partial charge in [-0.2, -0.15) is 0 Å². The van der Waals surface area contributed by atoms with Crippen LogP contribution in [0.2, 0.25) is 6.55 Å². The Labute approximate surface area is 81.0 Å². The van der Waals surface area contributed by atoms with Gasteiger partial charge in [0.15, 0.2) is 0 Å². The lowest BCUT2D eigenvalue weighted by atomic mass is 10.7. The van der Waals surface area contributed by atoms with Crippen molar-refractivity contribution in [3.8, 4) is 0 Å². The summed E-state index contributed by atoms with van der Waals surface area (Å²) in [6.07, 6.45) is 0.910. The first-order valence-corrected chi connectivity index (χ1v) is 7.15.